The number of esters is 1. The number of rotatable bonds is 4. The van der Waals surface area contributed by atoms with Gasteiger partial charge in [-0.15, -0.1) is 0 Å². The summed E-state index contributed by atoms with van der Waals surface area (Å²) in [6.45, 7) is 5.13. The van der Waals surface area contributed by atoms with Crippen LogP contribution in [-0.2, 0) is 4.79 Å². The predicted octanol–water partition coefficient (Wildman–Crippen LogP) is 5.40. The lowest BCUT2D eigenvalue weighted by Gasteiger charge is -2.22. The average molecular weight is 449 g/mol. The van der Waals surface area contributed by atoms with Crippen LogP contribution in [0, 0.1) is 22.9 Å². The van der Waals surface area contributed by atoms with E-state index in [9.17, 15) is 22.8 Å². The molecule has 1 aromatic heterocycles. The van der Waals surface area contributed by atoms with E-state index in [-0.39, 0.29) is 10.9 Å². The molecule has 0 aliphatic rings. The molecule has 0 aliphatic heterocycles. The number of amides is 2. The van der Waals surface area contributed by atoms with Gasteiger partial charge in [-0.25, -0.2) is 22.9 Å². The van der Waals surface area contributed by atoms with Crippen molar-refractivity contribution in [3.05, 3.63) is 59.2 Å². The normalized spacial score (nSPS) is 11.3. The van der Waals surface area contributed by atoms with Gasteiger partial charge in [-0.1, -0.05) is 23.5 Å². The molecule has 0 radical (unpaired) electrons. The maximum atomic E-state index is 14.3. The molecule has 0 aliphatic carbocycles. The minimum absolute atomic E-state index is 0.108. The molecule has 0 unspecified atom stereocenters. The largest absolute Gasteiger partial charge is 0.397 e. The van der Waals surface area contributed by atoms with E-state index >= 15 is 0 Å². The first kappa shape index (κ1) is 22.3. The highest BCUT2D eigenvalue weighted by atomic mass is 32.1. The van der Waals surface area contributed by atoms with E-state index in [0.717, 1.165) is 17.4 Å². The highest BCUT2D eigenvalue weighted by molar-refractivity contribution is 7.11. The van der Waals surface area contributed by atoms with Crippen molar-refractivity contribution in [1.29, 1.82) is 0 Å². The molecule has 31 heavy (non-hydrogen) atoms. The molecular formula is C21H18F3N3O3S. The number of halogens is 3. The van der Waals surface area contributed by atoms with Gasteiger partial charge < -0.3 is 10.5 Å². The number of hydrogen-bond acceptors (Lipinski definition) is 5. The van der Waals surface area contributed by atoms with Gasteiger partial charge in [-0.2, -0.15) is 0 Å². The summed E-state index contributed by atoms with van der Waals surface area (Å²) in [5, 5.41) is 1.77. The van der Waals surface area contributed by atoms with Gasteiger partial charge in [0, 0.05) is 10.9 Å². The van der Waals surface area contributed by atoms with Crippen molar-refractivity contribution in [3.8, 4) is 16.5 Å². The van der Waals surface area contributed by atoms with Crippen molar-refractivity contribution >= 4 is 34.7 Å². The Labute approximate surface area is 180 Å². The summed E-state index contributed by atoms with van der Waals surface area (Å²) in [5.41, 5.74) is 5.17. The van der Waals surface area contributed by atoms with Crippen molar-refractivity contribution in [2.45, 2.75) is 20.8 Å². The van der Waals surface area contributed by atoms with Crippen LogP contribution in [-0.4, -0.2) is 17.0 Å². The molecule has 1 heterocycles. The zero-order valence-electron chi connectivity index (χ0n) is 16.8. The third-order valence-electron chi connectivity index (χ3n) is 4.15. The summed E-state index contributed by atoms with van der Waals surface area (Å²) in [6.07, 6.45) is 0. The minimum atomic E-state index is -1.72. The van der Waals surface area contributed by atoms with E-state index in [2.05, 4.69) is 4.98 Å². The lowest BCUT2D eigenvalue weighted by molar-refractivity contribution is -0.142. The fourth-order valence-electron chi connectivity index (χ4n) is 2.55. The van der Waals surface area contributed by atoms with Gasteiger partial charge in [0.15, 0.2) is 17.5 Å². The fraction of sp³-hybridized carbons (Fsp3) is 0.190. The highest BCUT2D eigenvalue weighted by Gasteiger charge is 2.26. The Hall–Kier alpha value is -3.40. The topological polar surface area (TPSA) is 85.5 Å². The molecule has 0 saturated carbocycles. The molecule has 3 rings (SSSR count). The highest BCUT2D eigenvalue weighted by Crippen LogP contribution is 2.34. The molecule has 6 nitrogen and oxygen atoms in total. The lowest BCUT2D eigenvalue weighted by Crippen LogP contribution is -2.32. The maximum absolute atomic E-state index is 14.3. The second kappa shape index (κ2) is 8.38. The molecule has 2 N–H and O–H groups in total. The molecular weight excluding hydrogens is 431 g/mol. The van der Waals surface area contributed by atoms with E-state index in [0.29, 0.717) is 22.2 Å². The zero-order chi connectivity index (χ0) is 22.9. The van der Waals surface area contributed by atoms with E-state index in [1.165, 1.54) is 12.1 Å². The van der Waals surface area contributed by atoms with Gasteiger partial charge in [0.1, 0.15) is 0 Å². The lowest BCUT2D eigenvalue weighted by atomic mass is 9.98. The van der Waals surface area contributed by atoms with Crippen LogP contribution in [0.1, 0.15) is 20.8 Å². The van der Waals surface area contributed by atoms with Crippen LogP contribution >= 0.6 is 11.3 Å². The first-order chi connectivity index (χ1) is 14.5. The van der Waals surface area contributed by atoms with Crippen molar-refractivity contribution in [1.82, 2.24) is 4.98 Å². The smallest absolute Gasteiger partial charge is 0.323 e. The Balaban J connectivity index is 1.96. The standard InChI is InChI=1S/C21H18F3N3O3S/c1-21(2,3)18(28)30-20-26-14(10-31-20)11-5-4-6-12(9-11)27(19(25)29)15-8-7-13(22)16(23)17(15)24/h4-10H,1-3H3,(H2,25,29). The third kappa shape index (κ3) is 4.69. The molecule has 0 saturated heterocycles. The Morgan fingerprint density at radius 2 is 1.81 bits per heavy atom. The molecule has 0 atom stereocenters. The first-order valence-electron chi connectivity index (χ1n) is 9.00. The molecule has 0 fully saturated rings. The fourth-order valence-corrected chi connectivity index (χ4v) is 3.22. The zero-order valence-corrected chi connectivity index (χ0v) is 17.6. The van der Waals surface area contributed by atoms with E-state index < -0.39 is 40.6 Å². The predicted molar refractivity (Wildman–Crippen MR) is 111 cm³/mol. The Morgan fingerprint density at radius 3 is 2.45 bits per heavy atom. The van der Waals surface area contributed by atoms with Crippen molar-refractivity contribution in [2.24, 2.45) is 11.1 Å². The van der Waals surface area contributed by atoms with Crippen molar-refractivity contribution < 1.29 is 27.5 Å². The van der Waals surface area contributed by atoms with Crippen LogP contribution in [0.2, 0.25) is 0 Å². The van der Waals surface area contributed by atoms with E-state index in [4.69, 9.17) is 10.5 Å². The quantitative estimate of drug-likeness (QED) is 0.427. The molecule has 10 heteroatoms. The second-order valence-corrected chi connectivity index (χ2v) is 8.38. The molecule has 162 valence electrons. The summed E-state index contributed by atoms with van der Waals surface area (Å²) in [7, 11) is 0. The number of urea groups is 1. The van der Waals surface area contributed by atoms with Gasteiger partial charge in [0.25, 0.3) is 5.19 Å². The monoisotopic (exact) mass is 449 g/mol. The second-order valence-electron chi connectivity index (χ2n) is 7.56. The number of benzene rings is 2. The summed E-state index contributed by atoms with van der Waals surface area (Å²) in [5.74, 6) is -5.10. The Morgan fingerprint density at radius 1 is 1.10 bits per heavy atom. The van der Waals surface area contributed by atoms with Crippen LogP contribution in [0.25, 0.3) is 11.3 Å². The summed E-state index contributed by atoms with van der Waals surface area (Å²) in [6, 6.07) is 6.65. The summed E-state index contributed by atoms with van der Waals surface area (Å²) >= 11 is 1.10. The number of ether oxygens (including phenoxy) is 1. The molecule has 3 aromatic rings. The molecule has 2 amide bonds. The van der Waals surface area contributed by atoms with Gasteiger partial charge in [0.05, 0.1) is 22.5 Å². The number of hydrogen-bond donors (Lipinski definition) is 1. The van der Waals surface area contributed by atoms with Gasteiger partial charge >= 0.3 is 12.0 Å². The van der Waals surface area contributed by atoms with Crippen LogP contribution in [0.3, 0.4) is 0 Å². The first-order valence-corrected chi connectivity index (χ1v) is 9.88. The number of nitrogens with two attached hydrogens (primary N) is 1. The SMILES string of the molecule is CC(C)(C)C(=O)Oc1nc(-c2cccc(N(C(N)=O)c3ccc(F)c(F)c3F)c2)cs1. The molecule has 0 spiro atoms. The van der Waals surface area contributed by atoms with Crippen LogP contribution in [0.15, 0.2) is 41.8 Å². The maximum Gasteiger partial charge on any atom is 0.323 e. The van der Waals surface area contributed by atoms with Crippen LogP contribution in [0.4, 0.5) is 29.3 Å². The van der Waals surface area contributed by atoms with Crippen LogP contribution < -0.4 is 15.4 Å². The van der Waals surface area contributed by atoms with Gasteiger partial charge in [-0.3, -0.25) is 9.69 Å². The summed E-state index contributed by atoms with van der Waals surface area (Å²) < 4.78 is 46.5. The number of thiazole rings is 1. The number of carbonyl (C=O) groups is 2. The van der Waals surface area contributed by atoms with Gasteiger partial charge in [0.2, 0.25) is 0 Å². The van der Waals surface area contributed by atoms with Crippen molar-refractivity contribution in [2.75, 3.05) is 4.90 Å². The van der Waals surface area contributed by atoms with E-state index in [1.807, 2.05) is 0 Å². The number of carbonyl (C=O) groups excluding carboxylic acids is 2. The van der Waals surface area contributed by atoms with Crippen LogP contribution in [0.5, 0.6) is 5.19 Å². The third-order valence-corrected chi connectivity index (χ3v) is 4.87. The Bertz CT molecular complexity index is 1160. The van der Waals surface area contributed by atoms with Crippen molar-refractivity contribution in [3.63, 3.8) is 0 Å². The van der Waals surface area contributed by atoms with Gasteiger partial charge in [-0.05, 0) is 45.0 Å². The number of primary amides is 1. The number of anilines is 2. The molecule has 0 bridgehead atoms. The Kier molecular flexibility index (Phi) is 6.03. The average Bonchev–Trinajstić information content (AvgIpc) is 3.16. The molecule has 2 aromatic carbocycles. The number of aromatic nitrogens is 1. The summed E-state index contributed by atoms with van der Waals surface area (Å²) in [4.78, 5) is 29.0. The number of nitrogens with zero attached hydrogens (tertiary/aromatic N) is 2. The minimum Gasteiger partial charge on any atom is -0.397 e. The van der Waals surface area contributed by atoms with E-state index in [1.54, 1.807) is 38.3 Å².